The van der Waals surface area contributed by atoms with Gasteiger partial charge in [0.1, 0.15) is 11.4 Å². The Morgan fingerprint density at radius 2 is 2.03 bits per heavy atom. The first-order chi connectivity index (χ1) is 15.7. The van der Waals surface area contributed by atoms with E-state index in [2.05, 4.69) is 20.0 Å². The van der Waals surface area contributed by atoms with E-state index in [1.54, 1.807) is 11.8 Å². The zero-order chi connectivity index (χ0) is 24.2. The van der Waals surface area contributed by atoms with E-state index in [4.69, 9.17) is 0 Å². The lowest BCUT2D eigenvalue weighted by Crippen LogP contribution is -2.41. The van der Waals surface area contributed by atoms with Crippen LogP contribution in [0.4, 0.5) is 17.5 Å². The molecule has 0 bridgehead atoms. The average molecular weight is 479 g/mol. The number of nitrogens with one attached hydrogen (secondary N) is 2. The second-order valence-electron chi connectivity index (χ2n) is 7.45. The number of aromatic carboxylic acids is 1. The van der Waals surface area contributed by atoms with Crippen molar-refractivity contribution in [1.82, 2.24) is 14.7 Å². The number of carboxylic acids is 1. The van der Waals surface area contributed by atoms with Gasteiger partial charge in [0.15, 0.2) is 4.90 Å². The molecule has 2 aromatic rings. The number of carbonyl (C=O) groups is 1. The van der Waals surface area contributed by atoms with Crippen LogP contribution in [0.3, 0.4) is 0 Å². The average Bonchev–Trinajstić information content (AvgIpc) is 3.25. The van der Waals surface area contributed by atoms with Gasteiger partial charge in [0.2, 0.25) is 16.0 Å². The molecule has 3 N–H and O–H groups in total. The Balaban J connectivity index is 1.91. The Labute approximate surface area is 191 Å². The summed E-state index contributed by atoms with van der Waals surface area (Å²) in [7, 11) is -4.16. The number of sulfonamides is 1. The molecule has 178 valence electrons. The molecule has 1 saturated heterocycles. The molecule has 0 unspecified atom stereocenters. The summed E-state index contributed by atoms with van der Waals surface area (Å²) >= 11 is 0. The van der Waals surface area contributed by atoms with Crippen molar-refractivity contribution >= 4 is 33.4 Å². The Morgan fingerprint density at radius 3 is 2.67 bits per heavy atom. The Kier molecular flexibility index (Phi) is 7.43. The minimum absolute atomic E-state index is 0.00684. The molecule has 13 heteroatoms. The Hall–Kier alpha value is -3.32. The lowest BCUT2D eigenvalue weighted by Gasteiger charge is -2.28. The molecule has 0 spiro atoms. The number of carboxylic acid groups (broad SMARTS) is 1. The van der Waals surface area contributed by atoms with E-state index >= 15 is 0 Å². The number of nitro groups is 1. The van der Waals surface area contributed by atoms with Gasteiger partial charge in [-0.05, 0) is 32.3 Å². The van der Waals surface area contributed by atoms with Gasteiger partial charge < -0.3 is 15.3 Å². The van der Waals surface area contributed by atoms with E-state index in [-0.39, 0.29) is 24.0 Å². The maximum Gasteiger partial charge on any atom is 0.341 e. The molecule has 3 rings (SSSR count). The molecule has 0 aliphatic carbocycles. The largest absolute Gasteiger partial charge is 0.477 e. The molecule has 1 aliphatic heterocycles. The van der Waals surface area contributed by atoms with E-state index in [1.165, 1.54) is 18.2 Å². The third-order valence-corrected chi connectivity index (χ3v) is 6.83. The van der Waals surface area contributed by atoms with E-state index in [9.17, 15) is 28.4 Å². The van der Waals surface area contributed by atoms with Crippen LogP contribution in [0.1, 0.15) is 42.7 Å². The van der Waals surface area contributed by atoms with Crippen molar-refractivity contribution in [3.63, 3.8) is 0 Å². The maximum absolute atomic E-state index is 12.8. The highest BCUT2D eigenvalue weighted by atomic mass is 32.2. The zero-order valence-corrected chi connectivity index (χ0v) is 19.1. The predicted molar refractivity (Wildman–Crippen MR) is 121 cm³/mol. The summed E-state index contributed by atoms with van der Waals surface area (Å²) in [5.74, 6) is -0.616. The fourth-order valence-corrected chi connectivity index (χ4v) is 5.10. The number of benzene rings is 1. The minimum Gasteiger partial charge on any atom is -0.477 e. The highest BCUT2D eigenvalue weighted by Gasteiger charge is 2.33. The first kappa shape index (κ1) is 24.3. The highest BCUT2D eigenvalue weighted by molar-refractivity contribution is 7.89. The number of para-hydroxylation sites is 1. The topological polar surface area (TPSA) is 168 Å². The molecule has 33 heavy (non-hydrogen) atoms. The third-order valence-electron chi connectivity index (χ3n) is 5.36. The van der Waals surface area contributed by atoms with E-state index in [0.717, 1.165) is 6.07 Å². The Morgan fingerprint density at radius 1 is 1.30 bits per heavy atom. The molecule has 12 nitrogen and oxygen atoms in total. The molecule has 2 heterocycles. The van der Waals surface area contributed by atoms with Gasteiger partial charge >= 0.3 is 5.97 Å². The van der Waals surface area contributed by atoms with E-state index < -0.39 is 31.5 Å². The number of aryl methyl sites for hydroxylation is 1. The zero-order valence-electron chi connectivity index (χ0n) is 18.3. The van der Waals surface area contributed by atoms with Gasteiger partial charge in [-0.1, -0.05) is 19.1 Å². The molecular formula is C20H26N6O6S. The van der Waals surface area contributed by atoms with Crippen LogP contribution in [-0.4, -0.2) is 60.1 Å². The van der Waals surface area contributed by atoms with Crippen LogP contribution in [0, 0.1) is 10.1 Å². The van der Waals surface area contributed by atoms with Crippen molar-refractivity contribution in [3.05, 3.63) is 45.6 Å². The summed E-state index contributed by atoms with van der Waals surface area (Å²) in [5, 5.41) is 24.1. The summed E-state index contributed by atoms with van der Waals surface area (Å²) in [4.78, 5) is 32.6. The van der Waals surface area contributed by atoms with Gasteiger partial charge in [-0.15, -0.1) is 0 Å². The second kappa shape index (κ2) is 10.1. The summed E-state index contributed by atoms with van der Waals surface area (Å²) in [6.45, 7) is 4.65. The van der Waals surface area contributed by atoms with Gasteiger partial charge in [0.05, 0.1) is 10.6 Å². The molecule has 1 aromatic heterocycles. The lowest BCUT2D eigenvalue weighted by molar-refractivity contribution is -0.387. The van der Waals surface area contributed by atoms with Crippen LogP contribution < -0.4 is 14.9 Å². The van der Waals surface area contributed by atoms with Crippen LogP contribution in [-0.2, 0) is 16.4 Å². The molecule has 0 amide bonds. The van der Waals surface area contributed by atoms with Gasteiger partial charge in [0, 0.05) is 31.7 Å². The molecule has 1 aromatic carbocycles. The maximum atomic E-state index is 12.8. The summed E-state index contributed by atoms with van der Waals surface area (Å²) in [6, 6.07) is 4.74. The standard InChI is InChI=1S/C20H26N6O6S/c1-3-14-17(19(27)28)18(24-20(23-14)21-4-2)25-11-7-8-13(25)12-22-33(31,32)16-10-6-5-9-15(16)26(29)30/h5-6,9-10,13,22H,3-4,7-8,11-12H2,1-2H3,(H,27,28)(H,21,23,24)/t13-/m0/s1. The number of rotatable bonds is 10. The number of aromatic nitrogens is 2. The fourth-order valence-electron chi connectivity index (χ4n) is 3.86. The van der Waals surface area contributed by atoms with Crippen molar-refractivity contribution < 1.29 is 23.2 Å². The van der Waals surface area contributed by atoms with Gasteiger partial charge in [0.25, 0.3) is 5.69 Å². The van der Waals surface area contributed by atoms with Gasteiger partial charge in [-0.2, -0.15) is 4.98 Å². The van der Waals surface area contributed by atoms with E-state index in [1.807, 2.05) is 6.92 Å². The molecule has 1 aliphatic rings. The SMILES string of the molecule is CCNc1nc(CC)c(C(=O)O)c(N2CCC[C@H]2CNS(=O)(=O)c2ccccc2[N+](=O)[O-])n1. The quantitative estimate of drug-likeness (QED) is 0.339. The number of nitro benzene ring substituents is 1. The number of hydrogen-bond donors (Lipinski definition) is 3. The molecular weight excluding hydrogens is 452 g/mol. The highest BCUT2D eigenvalue weighted by Crippen LogP contribution is 2.30. The monoisotopic (exact) mass is 478 g/mol. The van der Waals surface area contributed by atoms with Crippen molar-refractivity contribution in [2.75, 3.05) is 29.9 Å². The summed E-state index contributed by atoms with van der Waals surface area (Å²) in [6.07, 6.45) is 1.69. The van der Waals surface area contributed by atoms with Gasteiger partial charge in [-0.25, -0.2) is 22.9 Å². The molecule has 1 atom stereocenters. The summed E-state index contributed by atoms with van der Waals surface area (Å²) < 4.78 is 28.1. The number of nitrogens with zero attached hydrogens (tertiary/aromatic N) is 4. The first-order valence-electron chi connectivity index (χ1n) is 10.6. The first-order valence-corrected chi connectivity index (χ1v) is 12.1. The van der Waals surface area contributed by atoms with Crippen molar-refractivity contribution in [3.8, 4) is 0 Å². The van der Waals surface area contributed by atoms with E-state index in [0.29, 0.717) is 44.0 Å². The fraction of sp³-hybridized carbons (Fsp3) is 0.450. The van der Waals surface area contributed by atoms with Crippen molar-refractivity contribution in [1.29, 1.82) is 0 Å². The van der Waals surface area contributed by atoms with Crippen LogP contribution in [0.25, 0.3) is 0 Å². The third kappa shape index (κ3) is 5.20. The normalized spacial score (nSPS) is 16.1. The van der Waals surface area contributed by atoms with Crippen LogP contribution in [0.2, 0.25) is 0 Å². The second-order valence-corrected chi connectivity index (χ2v) is 9.18. The minimum atomic E-state index is -4.16. The predicted octanol–water partition coefficient (Wildman–Crippen LogP) is 2.02. The number of anilines is 2. The molecule has 1 fully saturated rings. The lowest BCUT2D eigenvalue weighted by atomic mass is 10.1. The van der Waals surface area contributed by atoms with Gasteiger partial charge in [-0.3, -0.25) is 10.1 Å². The Bertz CT molecular complexity index is 1160. The van der Waals surface area contributed by atoms with Crippen LogP contribution >= 0.6 is 0 Å². The van der Waals surface area contributed by atoms with Crippen molar-refractivity contribution in [2.24, 2.45) is 0 Å². The number of hydrogen-bond acceptors (Lipinski definition) is 9. The van der Waals surface area contributed by atoms with Crippen LogP contribution in [0.5, 0.6) is 0 Å². The van der Waals surface area contributed by atoms with Crippen molar-refractivity contribution in [2.45, 2.75) is 44.0 Å². The molecule has 0 saturated carbocycles. The molecule has 0 radical (unpaired) electrons. The smallest absolute Gasteiger partial charge is 0.341 e. The van der Waals surface area contributed by atoms with Crippen LogP contribution in [0.15, 0.2) is 29.2 Å². The summed E-state index contributed by atoms with van der Waals surface area (Å²) in [5.41, 5.74) is -0.137.